The third kappa shape index (κ3) is 4.95. The van der Waals surface area contributed by atoms with Crippen molar-refractivity contribution >= 4 is 12.4 Å². The molecule has 0 atom stereocenters. The first kappa shape index (κ1) is 17.7. The summed E-state index contributed by atoms with van der Waals surface area (Å²) in [5.41, 5.74) is 1.72. The van der Waals surface area contributed by atoms with Gasteiger partial charge in [-0.2, -0.15) is 0 Å². The first-order chi connectivity index (χ1) is 11.4. The largest absolute Gasteiger partial charge is 0.327 e. The van der Waals surface area contributed by atoms with E-state index in [9.17, 15) is 9.59 Å². The minimum absolute atomic E-state index is 0.191. The first-order valence-electron chi connectivity index (χ1n) is 7.96. The SMILES string of the molecule is CC(C)(C)CN([C]=O)C(=O)NC(c1ccccc1)c1ccccc1. The van der Waals surface area contributed by atoms with E-state index in [4.69, 9.17) is 0 Å². The highest BCUT2D eigenvalue weighted by Crippen LogP contribution is 2.22. The topological polar surface area (TPSA) is 49.4 Å². The van der Waals surface area contributed by atoms with Crippen molar-refractivity contribution in [3.63, 3.8) is 0 Å². The Morgan fingerprint density at radius 3 is 1.83 bits per heavy atom. The lowest BCUT2D eigenvalue weighted by Gasteiger charge is -2.27. The molecule has 2 aromatic rings. The van der Waals surface area contributed by atoms with Gasteiger partial charge >= 0.3 is 12.4 Å². The number of amides is 3. The van der Waals surface area contributed by atoms with Gasteiger partial charge in [-0.15, -0.1) is 0 Å². The summed E-state index contributed by atoms with van der Waals surface area (Å²) in [5, 5.41) is 2.95. The molecule has 0 aliphatic carbocycles. The Bertz CT molecular complexity index is 624. The molecule has 2 aromatic carbocycles. The molecule has 3 amide bonds. The van der Waals surface area contributed by atoms with E-state index in [1.54, 1.807) is 6.41 Å². The zero-order valence-electron chi connectivity index (χ0n) is 14.3. The molecule has 0 saturated heterocycles. The van der Waals surface area contributed by atoms with Gasteiger partial charge in [0.15, 0.2) is 0 Å². The molecule has 2 rings (SSSR count). The number of nitrogens with zero attached hydrogens (tertiary/aromatic N) is 1. The molecule has 0 spiro atoms. The molecule has 4 nitrogen and oxygen atoms in total. The van der Waals surface area contributed by atoms with Crippen LogP contribution >= 0.6 is 0 Å². The average molecular weight is 323 g/mol. The Morgan fingerprint density at radius 2 is 1.46 bits per heavy atom. The van der Waals surface area contributed by atoms with Crippen LogP contribution in [0.15, 0.2) is 60.7 Å². The number of carbonyl (C=O) groups is 1. The zero-order valence-corrected chi connectivity index (χ0v) is 14.3. The van der Waals surface area contributed by atoms with Crippen molar-refractivity contribution < 1.29 is 9.59 Å². The van der Waals surface area contributed by atoms with Gasteiger partial charge in [0.05, 0.1) is 6.04 Å². The summed E-state index contributed by atoms with van der Waals surface area (Å²) in [6.07, 6.45) is 1.74. The zero-order chi connectivity index (χ0) is 17.6. The highest BCUT2D eigenvalue weighted by Gasteiger charge is 2.24. The second-order valence-corrected chi connectivity index (χ2v) is 6.94. The fraction of sp³-hybridized carbons (Fsp3) is 0.300. The summed E-state index contributed by atoms with van der Waals surface area (Å²) in [6, 6.07) is 18.6. The van der Waals surface area contributed by atoms with Gasteiger partial charge in [0.2, 0.25) is 0 Å². The van der Waals surface area contributed by atoms with Crippen molar-refractivity contribution in [2.45, 2.75) is 26.8 Å². The van der Waals surface area contributed by atoms with E-state index in [1.165, 1.54) is 0 Å². The molecule has 0 bridgehead atoms. The second kappa shape index (κ2) is 7.77. The van der Waals surface area contributed by atoms with Crippen LogP contribution in [0.25, 0.3) is 0 Å². The van der Waals surface area contributed by atoms with Crippen molar-refractivity contribution in [3.8, 4) is 0 Å². The summed E-state index contributed by atoms with van der Waals surface area (Å²) < 4.78 is 0. The molecule has 0 saturated carbocycles. The Kier molecular flexibility index (Phi) is 5.74. The number of hydrogen-bond acceptors (Lipinski definition) is 2. The highest BCUT2D eigenvalue weighted by molar-refractivity contribution is 5.85. The molecule has 1 radical (unpaired) electrons. The maximum absolute atomic E-state index is 12.6. The van der Waals surface area contributed by atoms with Crippen molar-refractivity contribution in [2.24, 2.45) is 5.41 Å². The molecular formula is C20H23N2O2. The maximum atomic E-state index is 12.6. The minimum Gasteiger partial charge on any atom is -0.327 e. The van der Waals surface area contributed by atoms with E-state index in [2.05, 4.69) is 5.32 Å². The summed E-state index contributed by atoms with van der Waals surface area (Å²) in [5.74, 6) is 0. The van der Waals surface area contributed by atoms with Gasteiger partial charge in [-0.1, -0.05) is 81.4 Å². The number of hydrogen-bond donors (Lipinski definition) is 1. The van der Waals surface area contributed by atoms with E-state index in [0.29, 0.717) is 6.54 Å². The van der Waals surface area contributed by atoms with Crippen LogP contribution in [0.1, 0.15) is 37.9 Å². The van der Waals surface area contributed by atoms with Gasteiger partial charge in [-0.05, 0) is 16.5 Å². The van der Waals surface area contributed by atoms with Crippen LogP contribution in [0.2, 0.25) is 0 Å². The monoisotopic (exact) mass is 323 g/mol. The van der Waals surface area contributed by atoms with Crippen molar-refractivity contribution in [3.05, 3.63) is 71.8 Å². The number of nitrogens with one attached hydrogen (secondary N) is 1. The number of urea groups is 1. The predicted molar refractivity (Wildman–Crippen MR) is 95.1 cm³/mol. The highest BCUT2D eigenvalue weighted by atomic mass is 16.2. The van der Waals surface area contributed by atoms with Gasteiger partial charge in [0.1, 0.15) is 0 Å². The fourth-order valence-electron chi connectivity index (χ4n) is 2.47. The lowest BCUT2D eigenvalue weighted by molar-refractivity contribution is 0.201. The van der Waals surface area contributed by atoms with Gasteiger partial charge in [-0.3, -0.25) is 9.69 Å². The summed E-state index contributed by atoms with van der Waals surface area (Å²) >= 11 is 0. The van der Waals surface area contributed by atoms with Crippen molar-refractivity contribution in [2.75, 3.05) is 6.54 Å². The molecular weight excluding hydrogens is 300 g/mol. The number of rotatable bonds is 5. The molecule has 0 unspecified atom stereocenters. The van der Waals surface area contributed by atoms with Crippen LogP contribution in [-0.4, -0.2) is 23.9 Å². The number of carbonyl (C=O) groups excluding carboxylic acids is 2. The second-order valence-electron chi connectivity index (χ2n) is 6.94. The Labute approximate surface area is 143 Å². The summed E-state index contributed by atoms with van der Waals surface area (Å²) in [4.78, 5) is 24.8. The van der Waals surface area contributed by atoms with Crippen LogP contribution in [0.5, 0.6) is 0 Å². The molecule has 1 N–H and O–H groups in total. The first-order valence-corrected chi connectivity index (χ1v) is 7.96. The molecule has 0 heterocycles. The molecule has 24 heavy (non-hydrogen) atoms. The van der Waals surface area contributed by atoms with Gasteiger partial charge in [0, 0.05) is 6.54 Å². The van der Waals surface area contributed by atoms with Gasteiger partial charge < -0.3 is 5.32 Å². The quantitative estimate of drug-likeness (QED) is 0.848. The maximum Gasteiger partial charge on any atom is 0.325 e. The molecule has 0 fully saturated rings. The lowest BCUT2D eigenvalue weighted by atomic mass is 9.96. The Balaban J connectivity index is 2.25. The van der Waals surface area contributed by atoms with E-state index >= 15 is 0 Å². The van der Waals surface area contributed by atoms with E-state index in [-0.39, 0.29) is 11.5 Å². The molecule has 0 aliphatic rings. The van der Waals surface area contributed by atoms with E-state index in [0.717, 1.165) is 16.0 Å². The Morgan fingerprint density at radius 1 is 1.00 bits per heavy atom. The van der Waals surface area contributed by atoms with Crippen molar-refractivity contribution in [1.29, 1.82) is 0 Å². The molecule has 4 heteroatoms. The average Bonchev–Trinajstić information content (AvgIpc) is 2.58. The summed E-state index contributed by atoms with van der Waals surface area (Å²) in [7, 11) is 0. The number of benzene rings is 2. The smallest absolute Gasteiger partial charge is 0.325 e. The normalized spacial score (nSPS) is 11.2. The Hall–Kier alpha value is -2.62. The lowest BCUT2D eigenvalue weighted by Crippen LogP contribution is -2.44. The minimum atomic E-state index is -0.447. The fourth-order valence-corrected chi connectivity index (χ4v) is 2.47. The van der Waals surface area contributed by atoms with E-state index < -0.39 is 6.03 Å². The van der Waals surface area contributed by atoms with Crippen molar-refractivity contribution in [1.82, 2.24) is 10.2 Å². The standard InChI is InChI=1S/C20H23N2O2/c1-20(2,3)14-22(15-23)19(24)21-18(16-10-6-4-7-11-16)17-12-8-5-9-13-17/h4-13,18H,14H2,1-3H3,(H,21,24). The van der Waals surface area contributed by atoms with E-state index in [1.807, 2.05) is 81.4 Å². The van der Waals surface area contributed by atoms with Crippen LogP contribution in [-0.2, 0) is 4.79 Å². The number of imide groups is 1. The van der Waals surface area contributed by atoms with Crippen LogP contribution in [0, 0.1) is 5.41 Å². The van der Waals surface area contributed by atoms with Gasteiger partial charge in [0.25, 0.3) is 0 Å². The molecule has 125 valence electrons. The van der Waals surface area contributed by atoms with Crippen LogP contribution < -0.4 is 5.32 Å². The van der Waals surface area contributed by atoms with Crippen LogP contribution in [0.4, 0.5) is 4.79 Å². The predicted octanol–water partition coefficient (Wildman–Crippen LogP) is 3.90. The summed E-state index contributed by atoms with van der Waals surface area (Å²) in [6.45, 7) is 6.21. The third-order valence-corrected chi connectivity index (χ3v) is 3.52. The molecule has 0 aromatic heterocycles. The third-order valence-electron chi connectivity index (χ3n) is 3.52. The van der Waals surface area contributed by atoms with Crippen LogP contribution in [0.3, 0.4) is 0 Å². The molecule has 0 aliphatic heterocycles. The van der Waals surface area contributed by atoms with Gasteiger partial charge in [-0.25, -0.2) is 4.79 Å².